The first kappa shape index (κ1) is 21.7. The topological polar surface area (TPSA) is 78.3 Å². The molecule has 0 fully saturated rings. The Hall–Kier alpha value is -3.03. The van der Waals surface area contributed by atoms with Crippen molar-refractivity contribution in [1.29, 1.82) is 0 Å². The quantitative estimate of drug-likeness (QED) is 0.519. The number of hydrogen-bond donors (Lipinski definition) is 1. The molecule has 9 heteroatoms. The molecule has 0 bridgehead atoms. The highest BCUT2D eigenvalue weighted by atomic mass is 35.5. The van der Waals surface area contributed by atoms with E-state index in [0.29, 0.717) is 45.5 Å². The minimum atomic E-state index is -0.339. The molecule has 0 saturated heterocycles. The Balaban J connectivity index is 1.79. The highest BCUT2D eigenvalue weighted by Gasteiger charge is 2.14. The van der Waals surface area contributed by atoms with Gasteiger partial charge in [-0.15, -0.1) is 0 Å². The maximum absolute atomic E-state index is 12.5. The summed E-state index contributed by atoms with van der Waals surface area (Å²) in [6.45, 7) is 4.24. The fourth-order valence-electron chi connectivity index (χ4n) is 2.72. The van der Waals surface area contributed by atoms with E-state index in [2.05, 4.69) is 15.4 Å². The predicted molar refractivity (Wildman–Crippen MR) is 118 cm³/mol. The van der Waals surface area contributed by atoms with E-state index in [1.807, 2.05) is 13.0 Å². The van der Waals surface area contributed by atoms with Gasteiger partial charge < -0.3 is 14.8 Å². The molecule has 3 rings (SSSR count). The zero-order chi connectivity index (χ0) is 21.7. The number of halogens is 2. The van der Waals surface area contributed by atoms with Crippen LogP contribution < -0.4 is 14.8 Å². The fourth-order valence-corrected chi connectivity index (χ4v) is 3.18. The number of pyridine rings is 1. The van der Waals surface area contributed by atoms with Crippen LogP contribution in [0.5, 0.6) is 11.5 Å². The molecule has 156 valence electrons. The molecule has 1 amide bonds. The largest absolute Gasteiger partial charge is 0.493 e. The predicted octanol–water partition coefficient (Wildman–Crippen LogP) is 4.94. The van der Waals surface area contributed by atoms with E-state index in [0.717, 1.165) is 5.56 Å². The minimum Gasteiger partial charge on any atom is -0.493 e. The van der Waals surface area contributed by atoms with Gasteiger partial charge in [0.15, 0.2) is 17.3 Å². The van der Waals surface area contributed by atoms with Crippen molar-refractivity contribution in [3.63, 3.8) is 0 Å². The molecule has 0 saturated carbocycles. The van der Waals surface area contributed by atoms with Gasteiger partial charge in [-0.1, -0.05) is 29.3 Å². The number of benzene rings is 1. The second kappa shape index (κ2) is 9.65. The van der Waals surface area contributed by atoms with Crippen molar-refractivity contribution in [2.75, 3.05) is 19.0 Å². The van der Waals surface area contributed by atoms with E-state index in [1.54, 1.807) is 44.4 Å². The van der Waals surface area contributed by atoms with Gasteiger partial charge in [-0.3, -0.25) is 4.79 Å². The lowest BCUT2D eigenvalue weighted by Crippen LogP contribution is -2.13. The number of carbonyl (C=O) groups is 1. The zero-order valence-electron chi connectivity index (χ0n) is 16.6. The lowest BCUT2D eigenvalue weighted by Gasteiger charge is -2.10. The van der Waals surface area contributed by atoms with Gasteiger partial charge in [0.2, 0.25) is 5.91 Å². The number of nitrogens with one attached hydrogen (secondary N) is 1. The summed E-state index contributed by atoms with van der Waals surface area (Å²) in [6, 6.07) is 8.71. The molecule has 0 spiro atoms. The third-order valence-corrected chi connectivity index (χ3v) is 4.47. The molecular formula is C21H20Cl2N4O3. The number of aromatic nitrogens is 3. The van der Waals surface area contributed by atoms with Crippen LogP contribution in [0.25, 0.3) is 11.9 Å². The first-order chi connectivity index (χ1) is 14.4. The Morgan fingerprint density at radius 1 is 1.23 bits per heavy atom. The Morgan fingerprint density at radius 3 is 2.73 bits per heavy atom. The highest BCUT2D eigenvalue weighted by Crippen LogP contribution is 2.28. The maximum atomic E-state index is 12.5. The summed E-state index contributed by atoms with van der Waals surface area (Å²) in [5.41, 5.74) is 1.48. The Bertz CT molecular complexity index is 1100. The van der Waals surface area contributed by atoms with E-state index >= 15 is 0 Å². The fraction of sp³-hybridized carbons (Fsp3) is 0.190. The number of anilines is 1. The third-order valence-electron chi connectivity index (χ3n) is 3.99. The molecule has 2 heterocycles. The van der Waals surface area contributed by atoms with E-state index < -0.39 is 0 Å². The molecule has 30 heavy (non-hydrogen) atoms. The monoisotopic (exact) mass is 446 g/mol. The standard InChI is InChI=1S/C21H20Cl2N4O3/c1-4-30-17-7-5-14(10-18(17)29-3)6-8-20(28)25-19-9-13(2)26-27(19)21-16(23)11-15(22)12-24-21/h5-12H,4H2,1-3H3,(H,25,28)/b8-6+. The molecule has 7 nitrogen and oxygen atoms in total. The molecule has 0 aliphatic carbocycles. The Kier molecular flexibility index (Phi) is 6.97. The van der Waals surface area contributed by atoms with Gasteiger partial charge in [-0.25, -0.2) is 4.98 Å². The van der Waals surface area contributed by atoms with E-state index in [1.165, 1.54) is 17.0 Å². The number of nitrogens with zero attached hydrogens (tertiary/aromatic N) is 3. The normalized spacial score (nSPS) is 11.0. The van der Waals surface area contributed by atoms with Crippen LogP contribution in [0.1, 0.15) is 18.2 Å². The lowest BCUT2D eigenvalue weighted by molar-refractivity contribution is -0.111. The van der Waals surface area contributed by atoms with E-state index in [-0.39, 0.29) is 5.91 Å². The highest BCUT2D eigenvalue weighted by molar-refractivity contribution is 6.35. The van der Waals surface area contributed by atoms with Gasteiger partial charge in [0, 0.05) is 18.3 Å². The molecule has 0 aliphatic heterocycles. The van der Waals surface area contributed by atoms with Crippen molar-refractivity contribution in [1.82, 2.24) is 14.8 Å². The number of amides is 1. The summed E-state index contributed by atoms with van der Waals surface area (Å²) in [6.07, 6.45) is 4.55. The first-order valence-corrected chi connectivity index (χ1v) is 9.85. The Labute approximate surface area is 184 Å². The van der Waals surface area contributed by atoms with Crippen molar-refractivity contribution >= 4 is 41.0 Å². The maximum Gasteiger partial charge on any atom is 0.249 e. The van der Waals surface area contributed by atoms with Gasteiger partial charge in [0.1, 0.15) is 5.82 Å². The first-order valence-electron chi connectivity index (χ1n) is 9.09. The van der Waals surface area contributed by atoms with E-state index in [9.17, 15) is 4.79 Å². The average Bonchev–Trinajstić information content (AvgIpc) is 3.07. The molecule has 3 aromatic rings. The minimum absolute atomic E-state index is 0.318. The smallest absolute Gasteiger partial charge is 0.249 e. The van der Waals surface area contributed by atoms with Crippen LogP contribution in [-0.2, 0) is 4.79 Å². The van der Waals surface area contributed by atoms with Gasteiger partial charge in [-0.2, -0.15) is 9.78 Å². The van der Waals surface area contributed by atoms with Crippen molar-refractivity contribution in [2.24, 2.45) is 0 Å². The molecule has 1 aromatic carbocycles. The SMILES string of the molecule is CCOc1ccc(/C=C/C(=O)Nc2cc(C)nn2-c2ncc(Cl)cc2Cl)cc1OC. The average molecular weight is 447 g/mol. The van der Waals surface area contributed by atoms with Crippen molar-refractivity contribution in [2.45, 2.75) is 13.8 Å². The number of carbonyl (C=O) groups excluding carboxylic acids is 1. The second-order valence-corrected chi connectivity index (χ2v) is 7.05. The van der Waals surface area contributed by atoms with Crippen molar-refractivity contribution in [3.05, 3.63) is 63.9 Å². The molecule has 0 aliphatic rings. The van der Waals surface area contributed by atoms with Crippen LogP contribution in [0.2, 0.25) is 10.0 Å². The van der Waals surface area contributed by atoms with Gasteiger partial charge >= 0.3 is 0 Å². The van der Waals surface area contributed by atoms with Crippen LogP contribution >= 0.6 is 23.2 Å². The molecule has 1 N–H and O–H groups in total. The van der Waals surface area contributed by atoms with Gasteiger partial charge in [0.25, 0.3) is 0 Å². The number of aryl methyl sites for hydroxylation is 1. The summed E-state index contributed by atoms with van der Waals surface area (Å²) in [5, 5.41) is 7.87. The zero-order valence-corrected chi connectivity index (χ0v) is 18.2. The third kappa shape index (κ3) is 5.11. The van der Waals surface area contributed by atoms with Crippen LogP contribution in [-0.4, -0.2) is 34.4 Å². The van der Waals surface area contributed by atoms with Crippen LogP contribution in [0, 0.1) is 6.92 Å². The summed E-state index contributed by atoms with van der Waals surface area (Å²) in [4.78, 5) is 16.7. The van der Waals surface area contributed by atoms with E-state index in [4.69, 9.17) is 32.7 Å². The van der Waals surface area contributed by atoms with Crippen molar-refractivity contribution in [3.8, 4) is 17.3 Å². The molecule has 0 unspecified atom stereocenters. The van der Waals surface area contributed by atoms with Gasteiger partial charge in [-0.05, 0) is 43.7 Å². The summed E-state index contributed by atoms with van der Waals surface area (Å²) < 4.78 is 12.3. The molecule has 2 aromatic heterocycles. The summed E-state index contributed by atoms with van der Waals surface area (Å²) in [7, 11) is 1.57. The molecule has 0 radical (unpaired) electrons. The van der Waals surface area contributed by atoms with Crippen molar-refractivity contribution < 1.29 is 14.3 Å². The molecule has 0 atom stereocenters. The number of ether oxygens (including phenoxy) is 2. The number of methoxy groups -OCH3 is 1. The van der Waals surface area contributed by atoms with Crippen LogP contribution in [0.15, 0.2) is 42.6 Å². The summed E-state index contributed by atoms with van der Waals surface area (Å²) >= 11 is 12.1. The number of rotatable bonds is 7. The van der Waals surface area contributed by atoms with Crippen LogP contribution in [0.4, 0.5) is 5.82 Å². The lowest BCUT2D eigenvalue weighted by atomic mass is 10.2. The van der Waals surface area contributed by atoms with Crippen LogP contribution in [0.3, 0.4) is 0 Å². The number of hydrogen-bond acceptors (Lipinski definition) is 5. The molecular weight excluding hydrogens is 427 g/mol. The Morgan fingerprint density at radius 2 is 2.03 bits per heavy atom. The second-order valence-electron chi connectivity index (χ2n) is 6.21. The summed E-state index contributed by atoms with van der Waals surface area (Å²) in [5.74, 6) is 1.70. The van der Waals surface area contributed by atoms with Gasteiger partial charge in [0.05, 0.1) is 29.5 Å².